The molecule has 102 valence electrons. The number of nitrogen functional groups attached to an aromatic ring is 1. The average Bonchev–Trinajstić information content (AvgIpc) is 2.31. The Kier molecular flexibility index (Phi) is 5.57. The van der Waals surface area contributed by atoms with Gasteiger partial charge in [-0.25, -0.2) is 0 Å². The second-order valence-electron chi connectivity index (χ2n) is 4.08. The number of thioether (sulfide) groups is 1. The monoisotopic (exact) mass is 280 g/mol. The molecule has 0 aromatic heterocycles. The van der Waals surface area contributed by atoms with Crippen molar-refractivity contribution in [2.24, 2.45) is 0 Å². The number of anilines is 1. The van der Waals surface area contributed by atoms with Crippen molar-refractivity contribution < 1.29 is 9.72 Å². The van der Waals surface area contributed by atoms with Crippen LogP contribution in [0.4, 0.5) is 11.4 Å². The maximum Gasteiger partial charge on any atom is 0.292 e. The average molecular weight is 280 g/mol. The Hall–Kier alpha value is -1.82. The summed E-state index contributed by atoms with van der Waals surface area (Å²) in [5, 5.41) is 10.9. The zero-order valence-electron chi connectivity index (χ0n) is 10.9. The number of hydrogen-bond acceptors (Lipinski definition) is 5. The van der Waals surface area contributed by atoms with Crippen LogP contribution in [0.1, 0.15) is 24.5 Å². The van der Waals surface area contributed by atoms with Crippen molar-refractivity contribution in [3.05, 3.63) is 39.4 Å². The molecule has 0 unspecified atom stereocenters. The molecule has 1 aromatic carbocycles. The Morgan fingerprint density at radius 2 is 2.21 bits per heavy atom. The second kappa shape index (κ2) is 6.94. The lowest BCUT2D eigenvalue weighted by Gasteiger charge is -2.03. The van der Waals surface area contributed by atoms with E-state index >= 15 is 0 Å². The Bertz CT molecular complexity index is 527. The molecule has 0 saturated heterocycles. The third-order valence-corrected chi connectivity index (χ3v) is 3.26. The third kappa shape index (κ3) is 4.75. The predicted molar refractivity (Wildman–Crippen MR) is 79.0 cm³/mol. The minimum Gasteiger partial charge on any atom is -0.393 e. The number of allylic oxidation sites excluding steroid dienone is 1. The van der Waals surface area contributed by atoms with Crippen molar-refractivity contribution >= 4 is 34.3 Å². The van der Waals surface area contributed by atoms with Crippen LogP contribution in [-0.4, -0.2) is 15.8 Å². The van der Waals surface area contributed by atoms with Crippen LogP contribution in [0.3, 0.4) is 0 Å². The third-order valence-electron chi connectivity index (χ3n) is 2.42. The SMILES string of the molecule is CC(=O)SCCC=Cc1cc(C)cc([N+](=O)[O-])c1N. The van der Waals surface area contributed by atoms with E-state index in [1.54, 1.807) is 19.1 Å². The molecule has 0 aliphatic heterocycles. The molecule has 0 spiro atoms. The fraction of sp³-hybridized carbons (Fsp3) is 0.308. The molecule has 0 fully saturated rings. The molecule has 1 aromatic rings. The quantitative estimate of drug-likeness (QED) is 0.387. The van der Waals surface area contributed by atoms with Crippen LogP contribution in [0, 0.1) is 17.0 Å². The molecule has 0 bridgehead atoms. The van der Waals surface area contributed by atoms with Gasteiger partial charge in [0, 0.05) is 24.3 Å². The van der Waals surface area contributed by atoms with Gasteiger partial charge in [0.2, 0.25) is 0 Å². The molecule has 2 N–H and O–H groups in total. The fourth-order valence-electron chi connectivity index (χ4n) is 1.58. The lowest BCUT2D eigenvalue weighted by molar-refractivity contribution is -0.383. The van der Waals surface area contributed by atoms with E-state index in [4.69, 9.17) is 5.73 Å². The van der Waals surface area contributed by atoms with Gasteiger partial charge in [-0.1, -0.05) is 23.9 Å². The summed E-state index contributed by atoms with van der Waals surface area (Å²) in [6.07, 6.45) is 4.34. The first-order chi connectivity index (χ1) is 8.91. The normalized spacial score (nSPS) is 10.8. The highest BCUT2D eigenvalue weighted by Gasteiger charge is 2.14. The summed E-state index contributed by atoms with van der Waals surface area (Å²) in [5.41, 5.74) is 7.29. The summed E-state index contributed by atoms with van der Waals surface area (Å²) in [7, 11) is 0. The molecule has 0 saturated carbocycles. The van der Waals surface area contributed by atoms with Crippen LogP contribution in [0.25, 0.3) is 6.08 Å². The Balaban J connectivity index is 2.80. The van der Waals surface area contributed by atoms with Crippen LogP contribution in [0.15, 0.2) is 18.2 Å². The first kappa shape index (κ1) is 15.2. The highest BCUT2D eigenvalue weighted by molar-refractivity contribution is 8.13. The molecule has 0 aliphatic rings. The predicted octanol–water partition coefficient (Wildman–Crippen LogP) is 3.17. The maximum absolute atomic E-state index is 10.8. The summed E-state index contributed by atoms with van der Waals surface area (Å²) in [6, 6.07) is 3.26. The first-order valence-electron chi connectivity index (χ1n) is 5.76. The van der Waals surface area contributed by atoms with E-state index in [0.717, 1.165) is 5.56 Å². The van der Waals surface area contributed by atoms with Crippen molar-refractivity contribution in [1.29, 1.82) is 0 Å². The largest absolute Gasteiger partial charge is 0.393 e. The highest BCUT2D eigenvalue weighted by atomic mass is 32.2. The fourth-order valence-corrected chi connectivity index (χ4v) is 2.12. The number of carbonyl (C=O) groups is 1. The minimum absolute atomic E-state index is 0.0715. The lowest BCUT2D eigenvalue weighted by Crippen LogP contribution is -1.98. The van der Waals surface area contributed by atoms with Gasteiger partial charge >= 0.3 is 0 Å². The number of aryl methyl sites for hydroxylation is 1. The van der Waals surface area contributed by atoms with Gasteiger partial charge in [-0.2, -0.15) is 0 Å². The van der Waals surface area contributed by atoms with Crippen molar-refractivity contribution in [1.82, 2.24) is 0 Å². The highest BCUT2D eigenvalue weighted by Crippen LogP contribution is 2.28. The van der Waals surface area contributed by atoms with Gasteiger partial charge < -0.3 is 5.73 Å². The Labute approximate surface area is 116 Å². The molecule has 0 amide bonds. The van der Waals surface area contributed by atoms with E-state index in [0.29, 0.717) is 17.7 Å². The number of nitro benzene ring substituents is 1. The number of carbonyl (C=O) groups excluding carboxylic acids is 1. The first-order valence-corrected chi connectivity index (χ1v) is 6.74. The standard InChI is InChI=1S/C13H16N2O3S/c1-9-7-11(5-3-4-6-19-10(2)16)13(14)12(8-9)15(17)18/h3,5,7-8H,4,6,14H2,1-2H3. The van der Waals surface area contributed by atoms with Gasteiger partial charge in [-0.15, -0.1) is 0 Å². The van der Waals surface area contributed by atoms with Gasteiger partial charge in [0.05, 0.1) is 4.92 Å². The molecule has 5 nitrogen and oxygen atoms in total. The number of nitrogens with two attached hydrogens (primary N) is 1. The summed E-state index contributed by atoms with van der Waals surface area (Å²) in [5.74, 6) is 0.694. The van der Waals surface area contributed by atoms with E-state index in [1.165, 1.54) is 24.8 Å². The zero-order chi connectivity index (χ0) is 14.4. The Morgan fingerprint density at radius 1 is 1.53 bits per heavy atom. The van der Waals surface area contributed by atoms with Gasteiger partial charge in [-0.05, 0) is 25.0 Å². The number of benzene rings is 1. The molecule has 1 rings (SSSR count). The van der Waals surface area contributed by atoms with Gasteiger partial charge in [-0.3, -0.25) is 14.9 Å². The summed E-state index contributed by atoms with van der Waals surface area (Å²) < 4.78 is 0. The van der Waals surface area contributed by atoms with E-state index in [-0.39, 0.29) is 16.5 Å². The van der Waals surface area contributed by atoms with Crippen molar-refractivity contribution in [3.63, 3.8) is 0 Å². The molecule has 0 atom stereocenters. The number of hydrogen-bond donors (Lipinski definition) is 1. The van der Waals surface area contributed by atoms with Crippen LogP contribution < -0.4 is 5.73 Å². The molecular formula is C13H16N2O3S. The topological polar surface area (TPSA) is 86.2 Å². The van der Waals surface area contributed by atoms with Crippen LogP contribution >= 0.6 is 11.8 Å². The van der Waals surface area contributed by atoms with Crippen LogP contribution in [-0.2, 0) is 4.79 Å². The van der Waals surface area contributed by atoms with E-state index < -0.39 is 4.92 Å². The van der Waals surface area contributed by atoms with E-state index in [1.807, 2.05) is 6.08 Å². The summed E-state index contributed by atoms with van der Waals surface area (Å²) >= 11 is 1.25. The maximum atomic E-state index is 10.8. The van der Waals surface area contributed by atoms with Crippen molar-refractivity contribution in [2.45, 2.75) is 20.3 Å². The molecule has 0 aliphatic carbocycles. The molecule has 19 heavy (non-hydrogen) atoms. The van der Waals surface area contributed by atoms with E-state index in [2.05, 4.69) is 0 Å². The van der Waals surface area contributed by atoms with Gasteiger partial charge in [0.1, 0.15) is 5.69 Å². The second-order valence-corrected chi connectivity index (χ2v) is 5.35. The van der Waals surface area contributed by atoms with Crippen molar-refractivity contribution in [3.8, 4) is 0 Å². The lowest BCUT2D eigenvalue weighted by atomic mass is 10.1. The van der Waals surface area contributed by atoms with Crippen molar-refractivity contribution in [2.75, 3.05) is 11.5 Å². The van der Waals surface area contributed by atoms with E-state index in [9.17, 15) is 14.9 Å². The molecule has 0 heterocycles. The molecule has 0 radical (unpaired) electrons. The number of rotatable bonds is 5. The van der Waals surface area contributed by atoms with Crippen LogP contribution in [0.5, 0.6) is 0 Å². The summed E-state index contributed by atoms with van der Waals surface area (Å²) in [4.78, 5) is 21.1. The number of nitro groups is 1. The van der Waals surface area contributed by atoms with Crippen LogP contribution in [0.2, 0.25) is 0 Å². The molecule has 6 heteroatoms. The Morgan fingerprint density at radius 3 is 2.79 bits per heavy atom. The minimum atomic E-state index is -0.481. The van der Waals surface area contributed by atoms with Gasteiger partial charge in [0.15, 0.2) is 5.12 Å². The zero-order valence-corrected chi connectivity index (χ0v) is 11.7. The number of nitrogens with zero attached hydrogens (tertiary/aromatic N) is 1. The molecular weight excluding hydrogens is 264 g/mol. The van der Waals surface area contributed by atoms with Gasteiger partial charge in [0.25, 0.3) is 5.69 Å². The smallest absolute Gasteiger partial charge is 0.292 e. The summed E-state index contributed by atoms with van der Waals surface area (Å²) in [6.45, 7) is 3.31.